The summed E-state index contributed by atoms with van der Waals surface area (Å²) in [6.45, 7) is 11.3. The number of unbranched alkanes of at least 4 members (excludes halogenated alkanes) is 5. The highest BCUT2D eigenvalue weighted by Gasteiger charge is 2.18. The molecular formula is C16H33NO. The molecule has 0 aromatic carbocycles. The number of ether oxygens (including phenoxy) is 1. The van der Waals surface area contributed by atoms with E-state index in [1.54, 1.807) is 7.11 Å². The van der Waals surface area contributed by atoms with Crippen LogP contribution in [0.2, 0.25) is 0 Å². The number of nitrogens with one attached hydrogen (secondary N) is 1. The van der Waals surface area contributed by atoms with Gasteiger partial charge < -0.3 is 10.1 Å². The Labute approximate surface area is 114 Å². The van der Waals surface area contributed by atoms with Gasteiger partial charge in [-0.1, -0.05) is 58.4 Å². The quantitative estimate of drug-likeness (QED) is 0.394. The zero-order valence-electron chi connectivity index (χ0n) is 12.8. The Kier molecular flexibility index (Phi) is 11.5. The van der Waals surface area contributed by atoms with E-state index in [1.165, 1.54) is 44.9 Å². The summed E-state index contributed by atoms with van der Waals surface area (Å²) in [4.78, 5) is 0. The van der Waals surface area contributed by atoms with Crippen molar-refractivity contribution in [3.05, 3.63) is 12.7 Å². The Balaban J connectivity index is 3.62. The number of rotatable bonds is 13. The molecule has 18 heavy (non-hydrogen) atoms. The van der Waals surface area contributed by atoms with Gasteiger partial charge in [0.15, 0.2) is 0 Å². The molecule has 0 aromatic rings. The number of hydrogen-bond acceptors (Lipinski definition) is 2. The van der Waals surface area contributed by atoms with Gasteiger partial charge in [-0.2, -0.15) is 0 Å². The van der Waals surface area contributed by atoms with Gasteiger partial charge in [-0.3, -0.25) is 0 Å². The third-order valence-corrected chi connectivity index (χ3v) is 3.61. The van der Waals surface area contributed by atoms with Crippen LogP contribution in [-0.2, 0) is 4.74 Å². The second-order valence-corrected chi connectivity index (χ2v) is 5.55. The summed E-state index contributed by atoms with van der Waals surface area (Å²) in [7, 11) is 1.74. The Hall–Kier alpha value is -0.340. The summed E-state index contributed by atoms with van der Waals surface area (Å²) in [5.74, 6) is 0. The SMILES string of the molecule is C=CC(C)(CCCCCCCC)CNCCOC. The normalized spacial score (nSPS) is 14.4. The van der Waals surface area contributed by atoms with Crippen LogP contribution in [0.5, 0.6) is 0 Å². The zero-order valence-corrected chi connectivity index (χ0v) is 12.8. The summed E-state index contributed by atoms with van der Waals surface area (Å²) in [5, 5.41) is 3.44. The first kappa shape index (κ1) is 17.7. The topological polar surface area (TPSA) is 21.3 Å². The highest BCUT2D eigenvalue weighted by molar-refractivity contribution is 4.92. The van der Waals surface area contributed by atoms with Crippen LogP contribution < -0.4 is 5.32 Å². The van der Waals surface area contributed by atoms with Crippen LogP contribution in [0.3, 0.4) is 0 Å². The lowest BCUT2D eigenvalue weighted by molar-refractivity contribution is 0.195. The molecule has 0 fully saturated rings. The minimum atomic E-state index is 0.235. The van der Waals surface area contributed by atoms with Crippen LogP contribution in [0.15, 0.2) is 12.7 Å². The van der Waals surface area contributed by atoms with E-state index in [1.807, 2.05) is 0 Å². The lowest BCUT2D eigenvalue weighted by Gasteiger charge is -2.26. The highest BCUT2D eigenvalue weighted by Crippen LogP contribution is 2.25. The predicted octanol–water partition coefficient (Wildman–Crippen LogP) is 4.17. The predicted molar refractivity (Wildman–Crippen MR) is 81.0 cm³/mol. The number of methoxy groups -OCH3 is 1. The third kappa shape index (κ3) is 9.67. The lowest BCUT2D eigenvalue weighted by atomic mass is 9.84. The molecule has 0 aromatic heterocycles. The zero-order chi connectivity index (χ0) is 13.7. The molecule has 1 unspecified atom stereocenters. The molecule has 0 saturated heterocycles. The maximum Gasteiger partial charge on any atom is 0.0587 e. The molecule has 1 atom stereocenters. The van der Waals surface area contributed by atoms with E-state index >= 15 is 0 Å². The van der Waals surface area contributed by atoms with E-state index in [-0.39, 0.29) is 5.41 Å². The van der Waals surface area contributed by atoms with E-state index in [2.05, 4.69) is 31.8 Å². The fraction of sp³-hybridized carbons (Fsp3) is 0.875. The van der Waals surface area contributed by atoms with Crippen molar-refractivity contribution in [2.24, 2.45) is 5.41 Å². The Bertz CT molecular complexity index is 194. The molecule has 0 saturated carbocycles. The van der Waals surface area contributed by atoms with Crippen molar-refractivity contribution in [2.45, 2.75) is 58.8 Å². The standard InChI is InChI=1S/C16H33NO/c1-5-7-8-9-10-11-12-16(3,6-2)15-17-13-14-18-4/h6,17H,2,5,7-15H2,1,3-4H3. The molecule has 0 rings (SSSR count). The molecule has 0 aliphatic rings. The van der Waals surface area contributed by atoms with Crippen molar-refractivity contribution in [2.75, 3.05) is 26.8 Å². The van der Waals surface area contributed by atoms with Crippen LogP contribution in [0.4, 0.5) is 0 Å². The fourth-order valence-electron chi connectivity index (χ4n) is 2.12. The van der Waals surface area contributed by atoms with E-state index in [4.69, 9.17) is 4.74 Å². The van der Waals surface area contributed by atoms with Crippen molar-refractivity contribution in [3.63, 3.8) is 0 Å². The maximum atomic E-state index is 5.04. The van der Waals surface area contributed by atoms with Crippen molar-refractivity contribution < 1.29 is 4.74 Å². The smallest absolute Gasteiger partial charge is 0.0587 e. The molecule has 108 valence electrons. The molecule has 0 amide bonds. The molecule has 0 heterocycles. The van der Waals surface area contributed by atoms with Gasteiger partial charge in [0.1, 0.15) is 0 Å². The minimum Gasteiger partial charge on any atom is -0.383 e. The van der Waals surface area contributed by atoms with Gasteiger partial charge in [-0.05, 0) is 11.8 Å². The van der Waals surface area contributed by atoms with Crippen molar-refractivity contribution in [1.29, 1.82) is 0 Å². The first-order valence-electron chi connectivity index (χ1n) is 7.52. The molecule has 0 aliphatic heterocycles. The molecule has 2 heteroatoms. The van der Waals surface area contributed by atoms with Gasteiger partial charge in [-0.25, -0.2) is 0 Å². The summed E-state index contributed by atoms with van der Waals surface area (Å²) in [6, 6.07) is 0. The van der Waals surface area contributed by atoms with Crippen molar-refractivity contribution in [1.82, 2.24) is 5.32 Å². The first-order chi connectivity index (χ1) is 8.68. The van der Waals surface area contributed by atoms with Crippen LogP contribution in [0, 0.1) is 5.41 Å². The molecule has 0 aliphatic carbocycles. The maximum absolute atomic E-state index is 5.04. The van der Waals surface area contributed by atoms with Crippen LogP contribution in [0.25, 0.3) is 0 Å². The van der Waals surface area contributed by atoms with E-state index in [9.17, 15) is 0 Å². The Morgan fingerprint density at radius 1 is 1.17 bits per heavy atom. The van der Waals surface area contributed by atoms with E-state index < -0.39 is 0 Å². The van der Waals surface area contributed by atoms with Crippen LogP contribution in [-0.4, -0.2) is 26.8 Å². The van der Waals surface area contributed by atoms with E-state index in [0.717, 1.165) is 19.7 Å². The molecule has 2 nitrogen and oxygen atoms in total. The van der Waals surface area contributed by atoms with Crippen molar-refractivity contribution in [3.8, 4) is 0 Å². The Morgan fingerprint density at radius 2 is 1.83 bits per heavy atom. The average Bonchev–Trinajstić information content (AvgIpc) is 2.39. The van der Waals surface area contributed by atoms with Gasteiger partial charge in [-0.15, -0.1) is 6.58 Å². The largest absolute Gasteiger partial charge is 0.383 e. The van der Waals surface area contributed by atoms with Gasteiger partial charge in [0.25, 0.3) is 0 Å². The molecule has 0 radical (unpaired) electrons. The van der Waals surface area contributed by atoms with Crippen molar-refractivity contribution >= 4 is 0 Å². The number of hydrogen-bond donors (Lipinski definition) is 1. The van der Waals surface area contributed by atoms with E-state index in [0.29, 0.717) is 0 Å². The molecule has 0 bridgehead atoms. The van der Waals surface area contributed by atoms with Crippen LogP contribution in [0.1, 0.15) is 58.8 Å². The van der Waals surface area contributed by atoms with Gasteiger partial charge in [0.2, 0.25) is 0 Å². The second-order valence-electron chi connectivity index (χ2n) is 5.55. The van der Waals surface area contributed by atoms with Gasteiger partial charge in [0.05, 0.1) is 6.61 Å². The monoisotopic (exact) mass is 255 g/mol. The third-order valence-electron chi connectivity index (χ3n) is 3.61. The summed E-state index contributed by atoms with van der Waals surface area (Å²) in [5.41, 5.74) is 0.235. The minimum absolute atomic E-state index is 0.235. The molecule has 1 N–H and O–H groups in total. The second kappa shape index (κ2) is 11.7. The fourth-order valence-corrected chi connectivity index (χ4v) is 2.12. The summed E-state index contributed by atoms with van der Waals surface area (Å²) < 4.78 is 5.04. The van der Waals surface area contributed by atoms with Crippen LogP contribution >= 0.6 is 0 Å². The molecular weight excluding hydrogens is 222 g/mol. The summed E-state index contributed by atoms with van der Waals surface area (Å²) >= 11 is 0. The highest BCUT2D eigenvalue weighted by atomic mass is 16.5. The molecule has 0 spiro atoms. The lowest BCUT2D eigenvalue weighted by Crippen LogP contribution is -2.32. The van der Waals surface area contributed by atoms with Gasteiger partial charge in [0, 0.05) is 20.2 Å². The summed E-state index contributed by atoms with van der Waals surface area (Å²) in [6.07, 6.45) is 11.5. The Morgan fingerprint density at radius 3 is 2.44 bits per heavy atom. The first-order valence-corrected chi connectivity index (χ1v) is 7.52. The average molecular weight is 255 g/mol. The van der Waals surface area contributed by atoms with Gasteiger partial charge >= 0.3 is 0 Å².